The van der Waals surface area contributed by atoms with Gasteiger partial charge in [-0.25, -0.2) is 8.42 Å². The summed E-state index contributed by atoms with van der Waals surface area (Å²) in [6, 6.07) is 15.1. The van der Waals surface area contributed by atoms with Gasteiger partial charge in [0.2, 0.25) is 15.9 Å². The minimum Gasteiger partial charge on any atom is -0.326 e. The van der Waals surface area contributed by atoms with Gasteiger partial charge in [0.15, 0.2) is 0 Å². The number of amides is 1. The van der Waals surface area contributed by atoms with Crippen LogP contribution in [0, 0.1) is 0 Å². The number of carbonyl (C=O) groups excluding carboxylic acids is 1. The molecule has 1 amide bonds. The number of hydrogen-bond acceptors (Lipinski definition) is 5. The van der Waals surface area contributed by atoms with E-state index >= 15 is 0 Å². The largest absolute Gasteiger partial charge is 0.326 e. The third kappa shape index (κ3) is 7.36. The molecule has 0 atom stereocenters. The zero-order chi connectivity index (χ0) is 24.7. The van der Waals surface area contributed by atoms with E-state index in [-0.39, 0.29) is 5.91 Å². The number of nitrogens with zero attached hydrogens (tertiary/aromatic N) is 3. The fourth-order valence-electron chi connectivity index (χ4n) is 4.75. The Morgan fingerprint density at radius 1 is 0.857 bits per heavy atom. The Kier molecular flexibility index (Phi) is 8.94. The topological polar surface area (TPSA) is 73.0 Å². The van der Waals surface area contributed by atoms with Crippen molar-refractivity contribution in [2.45, 2.75) is 50.0 Å². The van der Waals surface area contributed by atoms with Crippen LogP contribution in [-0.2, 0) is 27.8 Å². The Labute approximate surface area is 210 Å². The second kappa shape index (κ2) is 12.1. The highest BCUT2D eigenvalue weighted by molar-refractivity contribution is 7.89. The lowest BCUT2D eigenvalue weighted by atomic mass is 10.1. The average molecular weight is 499 g/mol. The Morgan fingerprint density at radius 2 is 1.54 bits per heavy atom. The second-order valence-electron chi connectivity index (χ2n) is 9.79. The van der Waals surface area contributed by atoms with Gasteiger partial charge in [-0.2, -0.15) is 4.31 Å². The van der Waals surface area contributed by atoms with Crippen molar-refractivity contribution in [3.63, 3.8) is 0 Å². The van der Waals surface area contributed by atoms with Crippen LogP contribution < -0.4 is 5.32 Å². The lowest BCUT2D eigenvalue weighted by Gasteiger charge is -2.32. The number of carbonyl (C=O) groups is 1. The van der Waals surface area contributed by atoms with Crippen molar-refractivity contribution in [1.82, 2.24) is 14.1 Å². The first-order valence-electron chi connectivity index (χ1n) is 12.8. The van der Waals surface area contributed by atoms with Crippen LogP contribution in [0.4, 0.5) is 5.69 Å². The predicted octanol–water partition coefficient (Wildman–Crippen LogP) is 3.57. The molecular weight excluding hydrogens is 460 g/mol. The van der Waals surface area contributed by atoms with Gasteiger partial charge in [-0.05, 0) is 61.7 Å². The maximum absolute atomic E-state index is 12.9. The number of piperazine rings is 1. The number of aryl methyl sites for hydroxylation is 1. The van der Waals surface area contributed by atoms with Crippen molar-refractivity contribution in [3.8, 4) is 0 Å². The molecule has 4 rings (SSSR count). The Morgan fingerprint density at radius 3 is 2.23 bits per heavy atom. The summed E-state index contributed by atoms with van der Waals surface area (Å²) < 4.78 is 27.5. The molecule has 0 bridgehead atoms. The summed E-state index contributed by atoms with van der Waals surface area (Å²) in [5.41, 5.74) is 2.98. The normalized spacial score (nSPS) is 18.8. The van der Waals surface area contributed by atoms with Crippen molar-refractivity contribution in [2.24, 2.45) is 0 Å². The molecule has 190 valence electrons. The van der Waals surface area contributed by atoms with Crippen molar-refractivity contribution >= 4 is 21.6 Å². The lowest BCUT2D eigenvalue weighted by Crippen LogP contribution is -2.43. The molecule has 8 heteroatoms. The van der Waals surface area contributed by atoms with E-state index in [0.29, 0.717) is 30.8 Å². The van der Waals surface area contributed by atoms with E-state index in [1.54, 1.807) is 16.4 Å². The van der Waals surface area contributed by atoms with Gasteiger partial charge in [0.05, 0.1) is 4.90 Å². The van der Waals surface area contributed by atoms with Gasteiger partial charge < -0.3 is 10.2 Å². The second-order valence-corrected chi connectivity index (χ2v) is 11.7. The number of nitrogens with one attached hydrogen (secondary N) is 1. The van der Waals surface area contributed by atoms with Gasteiger partial charge in [0.25, 0.3) is 0 Å². The standard InChI is InChI=1S/C27H38N4O3S/c1-29-17-19-30(20-18-29)22-24-7-6-8-25(21-24)28-27(32)14-11-23-9-12-26(13-10-23)35(33,34)31-15-4-2-3-5-16-31/h6-10,12-13,21H,2-5,11,14-20,22H2,1H3,(H,28,32). The van der Waals surface area contributed by atoms with Crippen molar-refractivity contribution in [3.05, 3.63) is 59.7 Å². The zero-order valence-corrected chi connectivity index (χ0v) is 21.6. The summed E-state index contributed by atoms with van der Waals surface area (Å²) in [6.07, 6.45) is 4.94. The van der Waals surface area contributed by atoms with Gasteiger partial charge in [0.1, 0.15) is 0 Å². The minimum absolute atomic E-state index is 0.0389. The molecule has 0 saturated carbocycles. The Bertz CT molecular complexity index is 1070. The summed E-state index contributed by atoms with van der Waals surface area (Å²) in [5, 5.41) is 3.01. The summed E-state index contributed by atoms with van der Waals surface area (Å²) in [4.78, 5) is 17.7. The number of rotatable bonds is 8. The van der Waals surface area contributed by atoms with Crippen LogP contribution in [0.1, 0.15) is 43.2 Å². The molecule has 2 aliphatic heterocycles. The third-order valence-electron chi connectivity index (χ3n) is 6.98. The number of anilines is 1. The molecule has 2 fully saturated rings. The van der Waals surface area contributed by atoms with Crippen LogP contribution >= 0.6 is 0 Å². The average Bonchev–Trinajstić information content (AvgIpc) is 3.15. The molecule has 2 aromatic carbocycles. The Balaban J connectivity index is 1.27. The monoisotopic (exact) mass is 498 g/mol. The van der Waals surface area contributed by atoms with E-state index in [4.69, 9.17) is 0 Å². The maximum Gasteiger partial charge on any atom is 0.243 e. The minimum atomic E-state index is -3.44. The highest BCUT2D eigenvalue weighted by atomic mass is 32.2. The van der Waals surface area contributed by atoms with Crippen LogP contribution in [-0.4, -0.2) is 74.7 Å². The molecule has 2 heterocycles. The van der Waals surface area contributed by atoms with Gasteiger partial charge in [-0.15, -0.1) is 0 Å². The highest BCUT2D eigenvalue weighted by Crippen LogP contribution is 2.21. The summed E-state index contributed by atoms with van der Waals surface area (Å²) in [6.45, 7) is 6.38. The zero-order valence-electron chi connectivity index (χ0n) is 20.8. The fraction of sp³-hybridized carbons (Fsp3) is 0.519. The van der Waals surface area contributed by atoms with E-state index < -0.39 is 10.0 Å². The highest BCUT2D eigenvalue weighted by Gasteiger charge is 2.25. The molecule has 0 aliphatic carbocycles. The first kappa shape index (κ1) is 25.8. The van der Waals surface area contributed by atoms with Gasteiger partial charge in [0, 0.05) is 57.9 Å². The molecule has 0 spiro atoms. The first-order valence-corrected chi connectivity index (χ1v) is 14.2. The van der Waals surface area contributed by atoms with Crippen LogP contribution in [0.2, 0.25) is 0 Å². The van der Waals surface area contributed by atoms with Crippen LogP contribution in [0.5, 0.6) is 0 Å². The molecule has 2 aliphatic rings. The SMILES string of the molecule is CN1CCN(Cc2cccc(NC(=O)CCc3ccc(S(=O)(=O)N4CCCCCC4)cc3)c2)CC1. The number of hydrogen-bond donors (Lipinski definition) is 1. The van der Waals surface area contributed by atoms with Gasteiger partial charge >= 0.3 is 0 Å². The summed E-state index contributed by atoms with van der Waals surface area (Å²) >= 11 is 0. The predicted molar refractivity (Wildman–Crippen MR) is 140 cm³/mol. The van der Waals surface area contributed by atoms with Crippen LogP contribution in [0.25, 0.3) is 0 Å². The van der Waals surface area contributed by atoms with Crippen molar-refractivity contribution in [2.75, 3.05) is 51.6 Å². The molecule has 7 nitrogen and oxygen atoms in total. The van der Waals surface area contributed by atoms with Crippen molar-refractivity contribution < 1.29 is 13.2 Å². The van der Waals surface area contributed by atoms with E-state index in [9.17, 15) is 13.2 Å². The molecular formula is C27H38N4O3S. The van der Waals surface area contributed by atoms with Crippen LogP contribution in [0.15, 0.2) is 53.4 Å². The molecule has 2 saturated heterocycles. The number of benzene rings is 2. The van der Waals surface area contributed by atoms with Crippen LogP contribution in [0.3, 0.4) is 0 Å². The molecule has 1 N–H and O–H groups in total. The maximum atomic E-state index is 12.9. The Hall–Kier alpha value is -2.26. The molecule has 2 aromatic rings. The third-order valence-corrected chi connectivity index (χ3v) is 8.89. The van der Waals surface area contributed by atoms with E-state index in [1.807, 2.05) is 24.3 Å². The van der Waals surface area contributed by atoms with Gasteiger partial charge in [-0.1, -0.05) is 37.1 Å². The first-order chi connectivity index (χ1) is 16.9. The fourth-order valence-corrected chi connectivity index (χ4v) is 6.27. The van der Waals surface area contributed by atoms with Crippen molar-refractivity contribution in [1.29, 1.82) is 0 Å². The smallest absolute Gasteiger partial charge is 0.243 e. The number of sulfonamides is 1. The molecule has 0 unspecified atom stereocenters. The molecule has 0 radical (unpaired) electrons. The van der Waals surface area contributed by atoms with Gasteiger partial charge in [-0.3, -0.25) is 9.69 Å². The van der Waals surface area contributed by atoms with E-state index in [1.165, 1.54) is 5.56 Å². The molecule has 0 aromatic heterocycles. The quantitative estimate of drug-likeness (QED) is 0.602. The molecule has 35 heavy (non-hydrogen) atoms. The number of likely N-dealkylation sites (N-methyl/N-ethyl adjacent to an activating group) is 1. The summed E-state index contributed by atoms with van der Waals surface area (Å²) in [7, 11) is -1.29. The summed E-state index contributed by atoms with van der Waals surface area (Å²) in [5.74, 6) is -0.0389. The van der Waals surface area contributed by atoms with E-state index in [2.05, 4.69) is 34.3 Å². The lowest BCUT2D eigenvalue weighted by molar-refractivity contribution is -0.116. The van der Waals surface area contributed by atoms with E-state index in [0.717, 1.165) is 69.7 Å².